The number of benzene rings is 1. The lowest BCUT2D eigenvalue weighted by Gasteiger charge is -2.26. The van der Waals surface area contributed by atoms with Gasteiger partial charge in [0, 0.05) is 12.1 Å². The Morgan fingerprint density at radius 1 is 1.35 bits per heavy atom. The van der Waals surface area contributed by atoms with E-state index in [1.165, 1.54) is 0 Å². The quantitative estimate of drug-likeness (QED) is 0.823. The van der Waals surface area contributed by atoms with Crippen molar-refractivity contribution in [2.45, 2.75) is 19.6 Å². The van der Waals surface area contributed by atoms with Crippen LogP contribution < -0.4 is 4.90 Å². The Balaban J connectivity index is 2.06. The van der Waals surface area contributed by atoms with Crippen molar-refractivity contribution in [3.63, 3.8) is 0 Å². The molecule has 0 bridgehead atoms. The van der Waals surface area contributed by atoms with Crippen LogP contribution in [0.25, 0.3) is 0 Å². The van der Waals surface area contributed by atoms with Crippen molar-refractivity contribution in [1.29, 1.82) is 5.26 Å². The van der Waals surface area contributed by atoms with Gasteiger partial charge in [-0.3, -0.25) is 4.79 Å². The maximum Gasteiger partial charge on any atom is 0.292 e. The van der Waals surface area contributed by atoms with E-state index in [1.54, 1.807) is 4.90 Å². The van der Waals surface area contributed by atoms with Gasteiger partial charge in [0.1, 0.15) is 0 Å². The molecule has 1 spiro atoms. The lowest BCUT2D eigenvalue weighted by atomic mass is 9.95. The number of hydrogen-bond acceptors (Lipinski definition) is 4. The van der Waals surface area contributed by atoms with Crippen LogP contribution in [0.15, 0.2) is 24.3 Å². The van der Waals surface area contributed by atoms with Crippen molar-refractivity contribution in [2.75, 3.05) is 24.7 Å². The summed E-state index contributed by atoms with van der Waals surface area (Å²) in [7, 11) is 0. The second-order valence-electron chi connectivity index (χ2n) is 5.72. The molecule has 0 saturated carbocycles. The first-order chi connectivity index (χ1) is 9.50. The van der Waals surface area contributed by atoms with Crippen molar-refractivity contribution in [1.82, 2.24) is 0 Å². The van der Waals surface area contributed by atoms with Crippen molar-refractivity contribution in [3.05, 3.63) is 29.8 Å². The summed E-state index contributed by atoms with van der Waals surface area (Å²) in [6, 6.07) is 9.66. The number of fused-ring (bicyclic) bond motifs is 2. The average Bonchev–Trinajstić information content (AvgIpc) is 3.01. The van der Waals surface area contributed by atoms with Crippen LogP contribution in [0.3, 0.4) is 0 Å². The average molecular weight is 272 g/mol. The summed E-state index contributed by atoms with van der Waals surface area (Å²) in [5, 5.41) is 9.19. The molecule has 20 heavy (non-hydrogen) atoms. The van der Waals surface area contributed by atoms with Crippen LogP contribution in [0.4, 0.5) is 5.69 Å². The van der Waals surface area contributed by atoms with E-state index in [-0.39, 0.29) is 5.91 Å². The van der Waals surface area contributed by atoms with E-state index in [9.17, 15) is 10.1 Å². The first kappa shape index (κ1) is 13.1. The third-order valence-electron chi connectivity index (χ3n) is 3.63. The van der Waals surface area contributed by atoms with E-state index in [1.807, 2.05) is 38.1 Å². The standard InChI is InChI=1S/C15H16N2O3/c1-14(2,9-16)10-17-12-6-4-3-5-11(12)15(13(17)18)19-7-8-20-15/h3-6H,7-8,10H2,1-2H3. The first-order valence-electron chi connectivity index (χ1n) is 6.61. The van der Waals surface area contributed by atoms with Gasteiger partial charge in [-0.1, -0.05) is 18.2 Å². The van der Waals surface area contributed by atoms with E-state index in [0.29, 0.717) is 19.8 Å². The second kappa shape index (κ2) is 4.30. The Morgan fingerprint density at radius 2 is 2.00 bits per heavy atom. The predicted molar refractivity (Wildman–Crippen MR) is 71.8 cm³/mol. The van der Waals surface area contributed by atoms with E-state index in [0.717, 1.165) is 11.3 Å². The zero-order valence-electron chi connectivity index (χ0n) is 11.5. The van der Waals surface area contributed by atoms with Gasteiger partial charge in [-0.05, 0) is 19.9 Å². The van der Waals surface area contributed by atoms with Gasteiger partial charge in [-0.2, -0.15) is 5.26 Å². The molecule has 1 aromatic carbocycles. The fraction of sp³-hybridized carbons (Fsp3) is 0.467. The molecule has 104 valence electrons. The molecule has 3 rings (SSSR count). The van der Waals surface area contributed by atoms with Crippen LogP contribution in [0.1, 0.15) is 19.4 Å². The van der Waals surface area contributed by atoms with Gasteiger partial charge in [0.15, 0.2) is 0 Å². The Hall–Kier alpha value is -1.90. The number of carbonyl (C=O) groups excluding carboxylic acids is 1. The third-order valence-corrected chi connectivity index (χ3v) is 3.63. The van der Waals surface area contributed by atoms with Crippen LogP contribution in [0.2, 0.25) is 0 Å². The molecule has 2 aliphatic rings. The maximum absolute atomic E-state index is 12.7. The zero-order valence-corrected chi connectivity index (χ0v) is 11.5. The number of nitriles is 1. The molecule has 1 amide bonds. The van der Waals surface area contributed by atoms with Gasteiger partial charge in [-0.15, -0.1) is 0 Å². The predicted octanol–water partition coefficient (Wildman–Crippen LogP) is 1.78. The summed E-state index contributed by atoms with van der Waals surface area (Å²) >= 11 is 0. The molecular weight excluding hydrogens is 256 g/mol. The highest BCUT2D eigenvalue weighted by Gasteiger charge is 2.56. The minimum absolute atomic E-state index is 0.237. The summed E-state index contributed by atoms with van der Waals surface area (Å²) in [5.41, 5.74) is 0.867. The largest absolute Gasteiger partial charge is 0.336 e. The number of para-hydroxylation sites is 1. The van der Waals surface area contributed by atoms with Crippen LogP contribution in [-0.2, 0) is 20.1 Å². The van der Waals surface area contributed by atoms with Gasteiger partial charge in [0.25, 0.3) is 11.7 Å². The highest BCUT2D eigenvalue weighted by molar-refractivity contribution is 6.06. The minimum atomic E-state index is -1.30. The molecule has 0 atom stereocenters. The topological polar surface area (TPSA) is 62.6 Å². The molecule has 0 aromatic heterocycles. The SMILES string of the molecule is CC(C)(C#N)CN1C(=O)C2(OCCO2)c2ccccc21. The number of amides is 1. The normalized spacial score (nSPS) is 20.2. The molecule has 0 N–H and O–H groups in total. The van der Waals surface area contributed by atoms with Crippen molar-refractivity contribution in [2.24, 2.45) is 5.41 Å². The van der Waals surface area contributed by atoms with Gasteiger partial charge in [-0.25, -0.2) is 0 Å². The van der Waals surface area contributed by atoms with Crippen LogP contribution >= 0.6 is 0 Å². The van der Waals surface area contributed by atoms with Gasteiger partial charge in [0.05, 0.1) is 30.4 Å². The van der Waals surface area contributed by atoms with Crippen molar-refractivity contribution >= 4 is 11.6 Å². The smallest absolute Gasteiger partial charge is 0.292 e. The Bertz CT molecular complexity index is 597. The van der Waals surface area contributed by atoms with E-state index >= 15 is 0 Å². The Kier molecular flexibility index (Phi) is 2.82. The first-order valence-corrected chi connectivity index (χ1v) is 6.61. The molecule has 1 saturated heterocycles. The zero-order chi connectivity index (χ0) is 14.4. The summed E-state index contributed by atoms with van der Waals surface area (Å²) in [6.45, 7) is 4.73. The van der Waals surface area contributed by atoms with Gasteiger partial charge in [0.2, 0.25) is 0 Å². The second-order valence-corrected chi connectivity index (χ2v) is 5.72. The molecule has 2 aliphatic heterocycles. The summed E-state index contributed by atoms with van der Waals surface area (Å²) in [6.07, 6.45) is 0. The molecular formula is C15H16N2O3. The fourth-order valence-electron chi connectivity index (χ4n) is 2.67. The van der Waals surface area contributed by atoms with Crippen LogP contribution in [-0.4, -0.2) is 25.7 Å². The summed E-state index contributed by atoms with van der Waals surface area (Å²) < 4.78 is 11.2. The van der Waals surface area contributed by atoms with Crippen LogP contribution in [0, 0.1) is 16.7 Å². The molecule has 1 fully saturated rings. The Labute approximate surface area is 117 Å². The maximum atomic E-state index is 12.7. The third kappa shape index (κ3) is 1.73. The van der Waals surface area contributed by atoms with E-state index in [2.05, 4.69) is 6.07 Å². The molecule has 1 aromatic rings. The highest BCUT2D eigenvalue weighted by Crippen LogP contribution is 2.46. The van der Waals surface area contributed by atoms with Crippen LogP contribution in [0.5, 0.6) is 0 Å². The number of rotatable bonds is 2. The minimum Gasteiger partial charge on any atom is -0.336 e. The summed E-state index contributed by atoms with van der Waals surface area (Å²) in [4.78, 5) is 14.3. The van der Waals surface area contributed by atoms with Crippen molar-refractivity contribution in [3.8, 4) is 6.07 Å². The molecule has 0 aliphatic carbocycles. The highest BCUT2D eigenvalue weighted by atomic mass is 16.7. The fourth-order valence-corrected chi connectivity index (χ4v) is 2.67. The van der Waals surface area contributed by atoms with Gasteiger partial charge >= 0.3 is 0 Å². The lowest BCUT2D eigenvalue weighted by molar-refractivity contribution is -0.180. The number of carbonyl (C=O) groups is 1. The number of anilines is 1. The lowest BCUT2D eigenvalue weighted by Crippen LogP contribution is -2.44. The summed E-state index contributed by atoms with van der Waals surface area (Å²) in [5.74, 6) is -1.54. The monoisotopic (exact) mass is 272 g/mol. The molecule has 5 heteroatoms. The molecule has 2 heterocycles. The number of ether oxygens (including phenoxy) is 2. The molecule has 5 nitrogen and oxygen atoms in total. The molecule has 0 radical (unpaired) electrons. The van der Waals surface area contributed by atoms with E-state index < -0.39 is 11.2 Å². The van der Waals surface area contributed by atoms with E-state index in [4.69, 9.17) is 9.47 Å². The van der Waals surface area contributed by atoms with Crippen molar-refractivity contribution < 1.29 is 14.3 Å². The van der Waals surface area contributed by atoms with Gasteiger partial charge < -0.3 is 14.4 Å². The Morgan fingerprint density at radius 3 is 2.65 bits per heavy atom. The number of nitrogens with zero attached hydrogens (tertiary/aromatic N) is 2. The molecule has 0 unspecified atom stereocenters. The number of hydrogen-bond donors (Lipinski definition) is 0.